The van der Waals surface area contributed by atoms with Gasteiger partial charge in [0.25, 0.3) is 0 Å². The number of nitrogen functional groups attached to an aromatic ring is 1. The molecule has 1 saturated heterocycles. The topological polar surface area (TPSA) is 92.9 Å². The number of anilines is 2. The summed E-state index contributed by atoms with van der Waals surface area (Å²) in [7, 11) is 3.90. The second-order valence-electron chi connectivity index (χ2n) is 5.72. The molecule has 7 nitrogen and oxygen atoms in total. The number of aromatic nitrogens is 4. The van der Waals surface area contributed by atoms with Crippen molar-refractivity contribution in [3.63, 3.8) is 0 Å². The van der Waals surface area contributed by atoms with Crippen molar-refractivity contribution in [1.82, 2.24) is 25.3 Å². The maximum absolute atomic E-state index is 5.58. The molecule has 3 N–H and O–H groups in total. The molecule has 3 rings (SSSR count). The van der Waals surface area contributed by atoms with Gasteiger partial charge >= 0.3 is 0 Å². The van der Waals surface area contributed by atoms with Crippen LogP contribution in [0.25, 0.3) is 11.1 Å². The van der Waals surface area contributed by atoms with E-state index in [0.717, 1.165) is 48.7 Å². The Kier molecular flexibility index (Phi) is 4.15. The van der Waals surface area contributed by atoms with E-state index in [1.54, 1.807) is 12.4 Å². The average Bonchev–Trinajstić information content (AvgIpc) is 2.56. The van der Waals surface area contributed by atoms with Crippen LogP contribution in [0.1, 0.15) is 24.5 Å². The highest BCUT2D eigenvalue weighted by molar-refractivity contribution is 5.65. The second kappa shape index (κ2) is 6.23. The normalized spacial score (nSPS) is 15.7. The van der Waals surface area contributed by atoms with Crippen molar-refractivity contribution in [3.05, 3.63) is 24.3 Å². The maximum atomic E-state index is 5.58. The monoisotopic (exact) mass is 299 g/mol. The molecule has 0 amide bonds. The third kappa shape index (κ3) is 2.99. The number of nitrogens with two attached hydrogens (primary N) is 1. The van der Waals surface area contributed by atoms with Gasteiger partial charge in [-0.2, -0.15) is 0 Å². The zero-order valence-electron chi connectivity index (χ0n) is 13.0. The summed E-state index contributed by atoms with van der Waals surface area (Å²) in [6, 6.07) is 0. The maximum Gasteiger partial charge on any atom is 0.225 e. The van der Waals surface area contributed by atoms with E-state index in [4.69, 9.17) is 10.7 Å². The van der Waals surface area contributed by atoms with Gasteiger partial charge in [0.05, 0.1) is 5.69 Å². The van der Waals surface area contributed by atoms with Gasteiger partial charge in [-0.1, -0.05) is 0 Å². The molecule has 0 radical (unpaired) electrons. The van der Waals surface area contributed by atoms with Crippen LogP contribution in [0.5, 0.6) is 0 Å². The molecule has 2 aromatic heterocycles. The van der Waals surface area contributed by atoms with Crippen LogP contribution in [-0.4, -0.2) is 47.1 Å². The summed E-state index contributed by atoms with van der Waals surface area (Å²) in [5.41, 5.74) is 8.57. The lowest BCUT2D eigenvalue weighted by molar-refractivity contribution is 0.453. The summed E-state index contributed by atoms with van der Waals surface area (Å²) >= 11 is 0. The molecule has 0 aliphatic carbocycles. The van der Waals surface area contributed by atoms with Crippen molar-refractivity contribution in [2.75, 3.05) is 37.8 Å². The third-order valence-electron chi connectivity index (χ3n) is 3.91. The van der Waals surface area contributed by atoms with Crippen molar-refractivity contribution in [3.8, 4) is 11.1 Å². The standard InChI is InChI=1S/C15H21N7/c1-22(2)15-20-9-12(11-7-18-14(16)19-8-11)13(21-15)10-3-5-17-6-4-10/h7-10,17H,3-6H2,1-2H3,(H2,16,18,19). The molecule has 1 fully saturated rings. The van der Waals surface area contributed by atoms with Gasteiger partial charge in [0.1, 0.15) is 0 Å². The van der Waals surface area contributed by atoms with Crippen molar-refractivity contribution in [2.45, 2.75) is 18.8 Å². The third-order valence-corrected chi connectivity index (χ3v) is 3.91. The summed E-state index contributed by atoms with van der Waals surface area (Å²) in [4.78, 5) is 19.3. The van der Waals surface area contributed by atoms with E-state index in [9.17, 15) is 0 Å². The summed E-state index contributed by atoms with van der Waals surface area (Å²) in [5.74, 6) is 1.43. The molecule has 0 bridgehead atoms. The van der Waals surface area contributed by atoms with E-state index >= 15 is 0 Å². The van der Waals surface area contributed by atoms with Gasteiger partial charge in [-0.3, -0.25) is 0 Å². The zero-order valence-corrected chi connectivity index (χ0v) is 13.0. The smallest absolute Gasteiger partial charge is 0.225 e. The summed E-state index contributed by atoms with van der Waals surface area (Å²) in [5, 5.41) is 3.39. The van der Waals surface area contributed by atoms with Crippen LogP contribution < -0.4 is 16.0 Å². The van der Waals surface area contributed by atoms with E-state index < -0.39 is 0 Å². The van der Waals surface area contributed by atoms with Gasteiger partial charge in [-0.15, -0.1) is 0 Å². The fraction of sp³-hybridized carbons (Fsp3) is 0.467. The largest absolute Gasteiger partial charge is 0.368 e. The first-order valence-electron chi connectivity index (χ1n) is 7.48. The number of rotatable bonds is 3. The van der Waals surface area contributed by atoms with Crippen LogP contribution in [0.2, 0.25) is 0 Å². The zero-order chi connectivity index (χ0) is 15.5. The SMILES string of the molecule is CN(C)c1ncc(-c2cnc(N)nc2)c(C2CCNCC2)n1. The van der Waals surface area contributed by atoms with E-state index in [1.807, 2.05) is 25.2 Å². The van der Waals surface area contributed by atoms with E-state index in [-0.39, 0.29) is 5.95 Å². The minimum absolute atomic E-state index is 0.276. The molecule has 3 heterocycles. The lowest BCUT2D eigenvalue weighted by Gasteiger charge is -2.25. The number of hydrogen-bond donors (Lipinski definition) is 2. The highest BCUT2D eigenvalue weighted by Crippen LogP contribution is 2.32. The molecule has 22 heavy (non-hydrogen) atoms. The van der Waals surface area contributed by atoms with Gasteiger partial charge in [-0.05, 0) is 25.9 Å². The molecule has 0 unspecified atom stereocenters. The molecule has 1 aliphatic heterocycles. The molecular formula is C15H21N7. The minimum atomic E-state index is 0.276. The Morgan fingerprint density at radius 3 is 2.41 bits per heavy atom. The van der Waals surface area contributed by atoms with Crippen LogP contribution in [-0.2, 0) is 0 Å². The van der Waals surface area contributed by atoms with Crippen molar-refractivity contribution in [2.24, 2.45) is 0 Å². The molecule has 2 aromatic rings. The Morgan fingerprint density at radius 2 is 1.77 bits per heavy atom. The van der Waals surface area contributed by atoms with Crippen LogP contribution in [0, 0.1) is 0 Å². The fourth-order valence-corrected chi connectivity index (χ4v) is 2.71. The van der Waals surface area contributed by atoms with Gasteiger partial charge < -0.3 is 16.0 Å². The predicted molar refractivity (Wildman–Crippen MR) is 86.6 cm³/mol. The number of hydrogen-bond acceptors (Lipinski definition) is 7. The molecule has 7 heteroatoms. The first-order chi connectivity index (χ1) is 10.6. The van der Waals surface area contributed by atoms with Crippen molar-refractivity contribution >= 4 is 11.9 Å². The fourth-order valence-electron chi connectivity index (χ4n) is 2.71. The van der Waals surface area contributed by atoms with Gasteiger partial charge in [-0.25, -0.2) is 19.9 Å². The Bertz CT molecular complexity index is 633. The summed E-state index contributed by atoms with van der Waals surface area (Å²) in [6.07, 6.45) is 7.50. The average molecular weight is 299 g/mol. The molecule has 0 atom stereocenters. The lowest BCUT2D eigenvalue weighted by Crippen LogP contribution is -2.27. The Balaban J connectivity index is 2.05. The molecule has 0 saturated carbocycles. The van der Waals surface area contributed by atoms with Gasteiger partial charge in [0.15, 0.2) is 0 Å². The number of piperidine rings is 1. The van der Waals surface area contributed by atoms with E-state index in [2.05, 4.69) is 20.3 Å². The first-order valence-corrected chi connectivity index (χ1v) is 7.48. The van der Waals surface area contributed by atoms with Gasteiger partial charge in [0.2, 0.25) is 11.9 Å². The van der Waals surface area contributed by atoms with E-state index in [1.165, 1.54) is 0 Å². The van der Waals surface area contributed by atoms with Crippen LogP contribution in [0.15, 0.2) is 18.6 Å². The summed E-state index contributed by atoms with van der Waals surface area (Å²) in [6.45, 7) is 2.04. The molecular weight excluding hydrogens is 278 g/mol. The Hall–Kier alpha value is -2.28. The summed E-state index contributed by atoms with van der Waals surface area (Å²) < 4.78 is 0. The Labute approximate surface area is 130 Å². The highest BCUT2D eigenvalue weighted by atomic mass is 15.2. The van der Waals surface area contributed by atoms with Crippen LogP contribution in [0.4, 0.5) is 11.9 Å². The van der Waals surface area contributed by atoms with Crippen LogP contribution >= 0.6 is 0 Å². The van der Waals surface area contributed by atoms with Crippen LogP contribution in [0.3, 0.4) is 0 Å². The number of nitrogens with zero attached hydrogens (tertiary/aromatic N) is 5. The lowest BCUT2D eigenvalue weighted by atomic mass is 9.90. The molecule has 116 valence electrons. The van der Waals surface area contributed by atoms with Crippen molar-refractivity contribution < 1.29 is 0 Å². The highest BCUT2D eigenvalue weighted by Gasteiger charge is 2.22. The molecule has 1 aliphatic rings. The molecule has 0 aromatic carbocycles. The Morgan fingerprint density at radius 1 is 1.09 bits per heavy atom. The quantitative estimate of drug-likeness (QED) is 0.875. The molecule has 0 spiro atoms. The predicted octanol–water partition coefficient (Wildman–Crippen LogP) is 1.05. The number of nitrogens with one attached hydrogen (secondary N) is 1. The van der Waals surface area contributed by atoms with E-state index in [0.29, 0.717) is 5.92 Å². The minimum Gasteiger partial charge on any atom is -0.368 e. The van der Waals surface area contributed by atoms with Crippen molar-refractivity contribution in [1.29, 1.82) is 0 Å². The second-order valence-corrected chi connectivity index (χ2v) is 5.72. The first kappa shape index (κ1) is 14.6. The van der Waals surface area contributed by atoms with Gasteiger partial charge in [0, 0.05) is 49.7 Å².